The number of hydrogen-bond acceptors (Lipinski definition) is 4. The second-order valence-electron chi connectivity index (χ2n) is 17.0. The van der Waals surface area contributed by atoms with Gasteiger partial charge in [-0.15, -0.1) is 0 Å². The summed E-state index contributed by atoms with van der Waals surface area (Å²) in [5.41, 5.74) is 0. The molecule has 55 heavy (non-hydrogen) atoms. The molecular weight excluding hydrogens is 679 g/mol. The van der Waals surface area contributed by atoms with Crippen LogP contribution in [0.15, 0.2) is 24.3 Å². The zero-order chi connectivity index (χ0) is 40.1. The lowest BCUT2D eigenvalue weighted by Gasteiger charge is -2.21. The highest BCUT2D eigenvalue weighted by Gasteiger charge is 2.22. The van der Waals surface area contributed by atoms with Crippen LogP contribution >= 0.6 is 0 Å². The summed E-state index contributed by atoms with van der Waals surface area (Å²) in [6.45, 7) is 4.20. The number of aliphatic hydroxyl groups excluding tert-OH is 3. The Bertz CT molecular complexity index is 814. The zero-order valence-corrected chi connectivity index (χ0v) is 37.1. The Balaban J connectivity index is 3.62. The van der Waals surface area contributed by atoms with E-state index in [1.165, 1.54) is 199 Å². The van der Waals surface area contributed by atoms with Crippen molar-refractivity contribution in [3.05, 3.63) is 24.3 Å². The van der Waals surface area contributed by atoms with E-state index < -0.39 is 24.2 Å². The van der Waals surface area contributed by atoms with Crippen LogP contribution in [0.2, 0.25) is 0 Å². The lowest BCUT2D eigenvalue weighted by atomic mass is 10.0. The van der Waals surface area contributed by atoms with E-state index in [0.717, 1.165) is 44.9 Å². The topological polar surface area (TPSA) is 89.8 Å². The highest BCUT2D eigenvalue weighted by molar-refractivity contribution is 5.80. The van der Waals surface area contributed by atoms with Crippen LogP contribution in [0.1, 0.15) is 264 Å². The van der Waals surface area contributed by atoms with Crippen LogP contribution in [0, 0.1) is 0 Å². The summed E-state index contributed by atoms with van der Waals surface area (Å²) >= 11 is 0. The molecule has 5 nitrogen and oxygen atoms in total. The minimum Gasteiger partial charge on any atom is -0.394 e. The second-order valence-corrected chi connectivity index (χ2v) is 17.0. The molecule has 0 aromatic carbocycles. The summed E-state index contributed by atoms with van der Waals surface area (Å²) in [5.74, 6) is -0.509. The van der Waals surface area contributed by atoms with Crippen LogP contribution < -0.4 is 5.32 Å². The van der Waals surface area contributed by atoms with E-state index in [-0.39, 0.29) is 6.61 Å². The average molecular weight is 776 g/mol. The number of hydrogen-bond donors (Lipinski definition) is 4. The zero-order valence-electron chi connectivity index (χ0n) is 37.1. The summed E-state index contributed by atoms with van der Waals surface area (Å²) in [6, 6.07) is -0.801. The molecule has 326 valence electrons. The first kappa shape index (κ1) is 53.8. The monoisotopic (exact) mass is 776 g/mol. The molecule has 0 fully saturated rings. The van der Waals surface area contributed by atoms with E-state index in [9.17, 15) is 20.1 Å². The highest BCUT2D eigenvalue weighted by atomic mass is 16.3. The molecule has 0 aliphatic heterocycles. The van der Waals surface area contributed by atoms with Crippen LogP contribution in [-0.4, -0.2) is 46.1 Å². The number of carbonyl (C=O) groups is 1. The average Bonchev–Trinajstić information content (AvgIpc) is 3.19. The fourth-order valence-corrected chi connectivity index (χ4v) is 7.65. The number of carbonyl (C=O) groups excluding carboxylic acids is 1. The smallest absolute Gasteiger partial charge is 0.249 e. The SMILES string of the molecule is CCCCCCCCCCC/C=C\CCCCCCC(O)C(=O)NC(CO)C(O)/C=C/CCCCCCCCCCCCCCCCCCCCCCCC. The van der Waals surface area contributed by atoms with Crippen molar-refractivity contribution in [2.24, 2.45) is 0 Å². The van der Waals surface area contributed by atoms with Gasteiger partial charge in [0.1, 0.15) is 6.10 Å². The maximum atomic E-state index is 12.5. The number of unbranched alkanes of at least 4 members (excludes halogenated alkanes) is 35. The van der Waals surface area contributed by atoms with Gasteiger partial charge in [0.2, 0.25) is 5.91 Å². The molecule has 0 saturated heterocycles. The van der Waals surface area contributed by atoms with Crippen molar-refractivity contribution in [2.45, 2.75) is 283 Å². The number of allylic oxidation sites excluding steroid dienone is 3. The van der Waals surface area contributed by atoms with Gasteiger partial charge in [-0.25, -0.2) is 0 Å². The standard InChI is InChI=1S/C50H97NO4/c1-3-5-7-9-11-13-15-17-19-21-22-23-24-25-26-27-29-30-32-34-36-38-40-42-44-48(53)47(46-52)51-50(55)49(54)45-43-41-39-37-35-33-31-28-20-18-16-14-12-10-8-6-4-2/h31,33,42,44,47-49,52-54H,3-30,32,34-41,43,45-46H2,1-2H3,(H,51,55)/b33-31-,44-42+. The van der Waals surface area contributed by atoms with Gasteiger partial charge in [-0.2, -0.15) is 0 Å². The molecule has 0 spiro atoms. The molecule has 4 N–H and O–H groups in total. The first-order valence-corrected chi connectivity index (χ1v) is 24.7. The molecule has 0 rings (SSSR count). The third kappa shape index (κ3) is 40.8. The van der Waals surface area contributed by atoms with Crippen LogP contribution in [0.25, 0.3) is 0 Å². The molecule has 0 aromatic rings. The molecule has 0 aliphatic carbocycles. The Labute approximate surface area is 343 Å². The van der Waals surface area contributed by atoms with Crippen LogP contribution in [0.5, 0.6) is 0 Å². The van der Waals surface area contributed by atoms with Gasteiger partial charge >= 0.3 is 0 Å². The first-order chi connectivity index (χ1) is 27.1. The largest absolute Gasteiger partial charge is 0.394 e. The molecule has 3 unspecified atom stereocenters. The minimum atomic E-state index is -1.11. The Hall–Kier alpha value is -1.17. The summed E-state index contributed by atoms with van der Waals surface area (Å²) in [4.78, 5) is 12.5. The lowest BCUT2D eigenvalue weighted by molar-refractivity contribution is -0.131. The maximum absolute atomic E-state index is 12.5. The van der Waals surface area contributed by atoms with E-state index in [2.05, 4.69) is 31.3 Å². The van der Waals surface area contributed by atoms with Crippen molar-refractivity contribution >= 4 is 5.91 Å². The normalized spacial score (nSPS) is 13.6. The van der Waals surface area contributed by atoms with E-state index in [0.29, 0.717) is 6.42 Å². The van der Waals surface area contributed by atoms with Crippen molar-refractivity contribution in [1.82, 2.24) is 5.32 Å². The highest BCUT2D eigenvalue weighted by Crippen LogP contribution is 2.16. The predicted molar refractivity (Wildman–Crippen MR) is 241 cm³/mol. The number of rotatable bonds is 45. The van der Waals surface area contributed by atoms with Crippen molar-refractivity contribution in [3.8, 4) is 0 Å². The number of aliphatic hydroxyl groups is 3. The molecule has 0 aliphatic rings. The van der Waals surface area contributed by atoms with Crippen LogP contribution in [0.3, 0.4) is 0 Å². The summed E-state index contributed by atoms with van der Waals surface area (Å²) in [5, 5.41) is 33.2. The Morgan fingerprint density at radius 2 is 0.727 bits per heavy atom. The maximum Gasteiger partial charge on any atom is 0.249 e. The molecule has 0 heterocycles. The molecule has 5 heteroatoms. The molecule has 0 radical (unpaired) electrons. The van der Waals surface area contributed by atoms with E-state index in [1.54, 1.807) is 6.08 Å². The molecule has 0 bridgehead atoms. The predicted octanol–water partition coefficient (Wildman–Crippen LogP) is 14.6. The van der Waals surface area contributed by atoms with Crippen LogP contribution in [0.4, 0.5) is 0 Å². The lowest BCUT2D eigenvalue weighted by Crippen LogP contribution is -2.48. The van der Waals surface area contributed by atoms with Gasteiger partial charge in [-0.1, -0.05) is 244 Å². The van der Waals surface area contributed by atoms with Gasteiger partial charge in [0.05, 0.1) is 18.8 Å². The van der Waals surface area contributed by atoms with E-state index >= 15 is 0 Å². The van der Waals surface area contributed by atoms with Crippen molar-refractivity contribution in [1.29, 1.82) is 0 Å². The quantitative estimate of drug-likeness (QED) is 0.0366. The fourth-order valence-electron chi connectivity index (χ4n) is 7.65. The number of nitrogens with one attached hydrogen (secondary N) is 1. The van der Waals surface area contributed by atoms with E-state index in [1.807, 2.05) is 6.08 Å². The van der Waals surface area contributed by atoms with Gasteiger partial charge in [0.25, 0.3) is 0 Å². The third-order valence-corrected chi connectivity index (χ3v) is 11.5. The van der Waals surface area contributed by atoms with Crippen LogP contribution in [-0.2, 0) is 4.79 Å². The van der Waals surface area contributed by atoms with Gasteiger partial charge in [-0.05, 0) is 44.9 Å². The van der Waals surface area contributed by atoms with E-state index in [4.69, 9.17) is 0 Å². The fraction of sp³-hybridized carbons (Fsp3) is 0.900. The first-order valence-electron chi connectivity index (χ1n) is 24.7. The second kappa shape index (κ2) is 45.5. The third-order valence-electron chi connectivity index (χ3n) is 11.5. The summed E-state index contributed by atoms with van der Waals surface area (Å²) in [7, 11) is 0. The van der Waals surface area contributed by atoms with Crippen molar-refractivity contribution in [3.63, 3.8) is 0 Å². The molecular formula is C50H97NO4. The Morgan fingerprint density at radius 3 is 1.05 bits per heavy atom. The molecule has 0 aromatic heterocycles. The summed E-state index contributed by atoms with van der Waals surface area (Å²) in [6.07, 6.45) is 56.6. The van der Waals surface area contributed by atoms with Gasteiger partial charge in [-0.3, -0.25) is 4.79 Å². The molecule has 1 amide bonds. The van der Waals surface area contributed by atoms with Crippen molar-refractivity contribution < 1.29 is 20.1 Å². The summed E-state index contributed by atoms with van der Waals surface area (Å²) < 4.78 is 0. The van der Waals surface area contributed by atoms with Gasteiger partial charge < -0.3 is 20.6 Å². The minimum absolute atomic E-state index is 0.365. The molecule has 3 atom stereocenters. The Kier molecular flexibility index (Phi) is 44.6. The van der Waals surface area contributed by atoms with Gasteiger partial charge in [0.15, 0.2) is 0 Å². The Morgan fingerprint density at radius 1 is 0.436 bits per heavy atom. The molecule has 0 saturated carbocycles. The number of amides is 1. The van der Waals surface area contributed by atoms with Crippen molar-refractivity contribution in [2.75, 3.05) is 6.61 Å². The van der Waals surface area contributed by atoms with Gasteiger partial charge in [0, 0.05) is 0 Å².